The number of nitrogens with one attached hydrogen (secondary N) is 1. The summed E-state index contributed by atoms with van der Waals surface area (Å²) < 4.78 is 0. The fraction of sp³-hybridized carbons (Fsp3) is 0.750. The lowest BCUT2D eigenvalue weighted by atomic mass is 9.93. The zero-order valence-corrected chi connectivity index (χ0v) is 6.30. The molecule has 2 unspecified atom stereocenters. The minimum Gasteiger partial charge on any atom is -0.353 e. The van der Waals surface area contributed by atoms with Gasteiger partial charge in [-0.1, -0.05) is 0 Å². The first-order chi connectivity index (χ1) is 5.27. The predicted molar refractivity (Wildman–Crippen MR) is 38.9 cm³/mol. The molecule has 1 N–H and O–H groups in total. The van der Waals surface area contributed by atoms with Crippen LogP contribution in [0.25, 0.3) is 0 Å². The highest BCUT2D eigenvalue weighted by atomic mass is 16.2. The number of ketones is 1. The maximum Gasteiger partial charge on any atom is 0.220 e. The molecule has 0 spiro atoms. The first-order valence-electron chi connectivity index (χ1n) is 4.09. The molecule has 0 aromatic heterocycles. The minimum atomic E-state index is 0.112. The van der Waals surface area contributed by atoms with Crippen LogP contribution in [-0.2, 0) is 9.59 Å². The largest absolute Gasteiger partial charge is 0.353 e. The van der Waals surface area contributed by atoms with Crippen molar-refractivity contribution in [3.63, 3.8) is 0 Å². The number of carbonyl (C=O) groups excluding carboxylic acids is 2. The summed E-state index contributed by atoms with van der Waals surface area (Å²) in [6.07, 6.45) is 2.83. The van der Waals surface area contributed by atoms with Crippen LogP contribution in [0.1, 0.15) is 25.7 Å². The molecule has 0 aromatic carbocycles. The van der Waals surface area contributed by atoms with E-state index in [1.165, 1.54) is 0 Å². The summed E-state index contributed by atoms with van der Waals surface area (Å²) in [6.45, 7) is 0. The second-order valence-electron chi connectivity index (χ2n) is 3.32. The predicted octanol–water partition coefficient (Wildman–Crippen LogP) is 0.244. The maximum atomic E-state index is 11.2. The highest BCUT2D eigenvalue weighted by molar-refractivity contribution is 5.88. The molecule has 0 radical (unpaired) electrons. The van der Waals surface area contributed by atoms with Crippen molar-refractivity contribution < 1.29 is 9.59 Å². The summed E-state index contributed by atoms with van der Waals surface area (Å²) in [7, 11) is 0. The Morgan fingerprint density at radius 2 is 2.00 bits per heavy atom. The van der Waals surface area contributed by atoms with E-state index in [9.17, 15) is 9.59 Å². The van der Waals surface area contributed by atoms with E-state index in [0.717, 1.165) is 12.8 Å². The fourth-order valence-corrected chi connectivity index (χ4v) is 2.01. The van der Waals surface area contributed by atoms with E-state index in [-0.39, 0.29) is 17.9 Å². The molecule has 60 valence electrons. The molecule has 1 saturated carbocycles. The van der Waals surface area contributed by atoms with Crippen molar-refractivity contribution in [1.29, 1.82) is 0 Å². The molecule has 2 rings (SSSR count). The molecule has 1 amide bonds. The molecule has 2 atom stereocenters. The van der Waals surface area contributed by atoms with E-state index >= 15 is 0 Å². The van der Waals surface area contributed by atoms with E-state index in [4.69, 9.17) is 0 Å². The molecule has 1 aliphatic heterocycles. The van der Waals surface area contributed by atoms with Crippen molar-refractivity contribution in [3.8, 4) is 0 Å². The van der Waals surface area contributed by atoms with Gasteiger partial charge in [-0.15, -0.1) is 0 Å². The Hall–Kier alpha value is -0.860. The Labute approximate surface area is 65.2 Å². The van der Waals surface area contributed by atoms with Crippen LogP contribution in [0.4, 0.5) is 0 Å². The van der Waals surface area contributed by atoms with Gasteiger partial charge in [0.1, 0.15) is 5.78 Å². The van der Waals surface area contributed by atoms with Crippen molar-refractivity contribution in [3.05, 3.63) is 0 Å². The third kappa shape index (κ3) is 1.04. The summed E-state index contributed by atoms with van der Waals surface area (Å²) in [6, 6.07) is 0.170. The van der Waals surface area contributed by atoms with Gasteiger partial charge in [0, 0.05) is 24.8 Å². The zero-order chi connectivity index (χ0) is 7.84. The van der Waals surface area contributed by atoms with Gasteiger partial charge < -0.3 is 5.32 Å². The number of piperidine rings is 1. The van der Waals surface area contributed by atoms with Crippen LogP contribution in [0, 0.1) is 5.92 Å². The Morgan fingerprint density at radius 1 is 1.18 bits per heavy atom. The maximum absolute atomic E-state index is 11.2. The molecular formula is C8H11NO2. The highest BCUT2D eigenvalue weighted by Crippen LogP contribution is 2.29. The van der Waals surface area contributed by atoms with E-state index in [0.29, 0.717) is 18.6 Å². The van der Waals surface area contributed by atoms with Gasteiger partial charge in [-0.3, -0.25) is 9.59 Å². The number of fused-ring (bicyclic) bond motifs is 1. The monoisotopic (exact) mass is 153 g/mol. The smallest absolute Gasteiger partial charge is 0.220 e. The average molecular weight is 153 g/mol. The highest BCUT2D eigenvalue weighted by Gasteiger charge is 2.38. The second kappa shape index (κ2) is 2.32. The van der Waals surface area contributed by atoms with Crippen LogP contribution in [0.15, 0.2) is 0 Å². The van der Waals surface area contributed by atoms with Crippen LogP contribution < -0.4 is 5.32 Å². The molecule has 2 fully saturated rings. The number of carbonyl (C=O) groups is 2. The fourth-order valence-electron chi connectivity index (χ4n) is 2.01. The van der Waals surface area contributed by atoms with Gasteiger partial charge in [0.2, 0.25) is 5.91 Å². The quantitative estimate of drug-likeness (QED) is 0.542. The third-order valence-corrected chi connectivity index (χ3v) is 2.63. The van der Waals surface area contributed by atoms with Crippen molar-refractivity contribution in [1.82, 2.24) is 5.32 Å². The van der Waals surface area contributed by atoms with Gasteiger partial charge in [0.05, 0.1) is 0 Å². The topological polar surface area (TPSA) is 46.2 Å². The number of hydrogen-bond acceptors (Lipinski definition) is 2. The van der Waals surface area contributed by atoms with Gasteiger partial charge in [-0.25, -0.2) is 0 Å². The average Bonchev–Trinajstić information content (AvgIpc) is 2.32. The SMILES string of the molecule is O=C1CCC2C(=O)CCC2N1. The Balaban J connectivity index is 2.11. The standard InChI is InChI=1S/C8H11NO2/c10-7-3-2-6-5(7)1-4-8(11)9-6/h5-6H,1-4H2,(H,9,11). The summed E-state index contributed by atoms with van der Waals surface area (Å²) in [5, 5.41) is 2.85. The molecule has 1 aliphatic carbocycles. The molecule has 0 aromatic rings. The molecule has 11 heavy (non-hydrogen) atoms. The molecule has 0 bridgehead atoms. The number of Topliss-reactive ketones (excluding diaryl/α,β-unsaturated/α-hetero) is 1. The second-order valence-corrected chi connectivity index (χ2v) is 3.32. The van der Waals surface area contributed by atoms with Crippen LogP contribution in [0.5, 0.6) is 0 Å². The van der Waals surface area contributed by atoms with Gasteiger partial charge in [0.15, 0.2) is 0 Å². The normalized spacial score (nSPS) is 36.7. The zero-order valence-electron chi connectivity index (χ0n) is 6.30. The van der Waals surface area contributed by atoms with Gasteiger partial charge in [-0.2, -0.15) is 0 Å². The van der Waals surface area contributed by atoms with Crippen molar-refractivity contribution >= 4 is 11.7 Å². The molecule has 1 heterocycles. The molecule has 3 heteroatoms. The van der Waals surface area contributed by atoms with Crippen molar-refractivity contribution in [2.45, 2.75) is 31.7 Å². The molecular weight excluding hydrogens is 142 g/mol. The summed E-state index contributed by atoms with van der Waals surface area (Å²) in [5.74, 6) is 0.601. The Morgan fingerprint density at radius 3 is 2.82 bits per heavy atom. The van der Waals surface area contributed by atoms with E-state index in [1.807, 2.05) is 0 Å². The molecule has 3 nitrogen and oxygen atoms in total. The van der Waals surface area contributed by atoms with Gasteiger partial charge >= 0.3 is 0 Å². The first-order valence-corrected chi connectivity index (χ1v) is 4.09. The van der Waals surface area contributed by atoms with E-state index in [2.05, 4.69) is 5.32 Å². The van der Waals surface area contributed by atoms with Gasteiger partial charge in [0.25, 0.3) is 0 Å². The molecule has 2 aliphatic rings. The van der Waals surface area contributed by atoms with Crippen molar-refractivity contribution in [2.24, 2.45) is 5.92 Å². The lowest BCUT2D eigenvalue weighted by molar-refractivity contribution is -0.126. The molecule has 1 saturated heterocycles. The Bertz CT molecular complexity index is 212. The lowest BCUT2D eigenvalue weighted by Gasteiger charge is -2.24. The number of hydrogen-bond donors (Lipinski definition) is 1. The summed E-state index contributed by atoms with van der Waals surface area (Å²) in [5.41, 5.74) is 0. The summed E-state index contributed by atoms with van der Waals surface area (Å²) in [4.78, 5) is 22.1. The van der Waals surface area contributed by atoms with Crippen LogP contribution in [0.2, 0.25) is 0 Å². The van der Waals surface area contributed by atoms with Crippen molar-refractivity contribution in [2.75, 3.05) is 0 Å². The van der Waals surface area contributed by atoms with Crippen LogP contribution in [-0.4, -0.2) is 17.7 Å². The third-order valence-electron chi connectivity index (χ3n) is 2.63. The van der Waals surface area contributed by atoms with Crippen LogP contribution >= 0.6 is 0 Å². The Kier molecular flexibility index (Phi) is 1.44. The summed E-state index contributed by atoms with van der Waals surface area (Å²) >= 11 is 0. The first kappa shape index (κ1) is 6.83. The number of amides is 1. The number of rotatable bonds is 0. The van der Waals surface area contributed by atoms with Crippen LogP contribution in [0.3, 0.4) is 0 Å². The van der Waals surface area contributed by atoms with E-state index in [1.54, 1.807) is 0 Å². The van der Waals surface area contributed by atoms with E-state index < -0.39 is 0 Å². The minimum absolute atomic E-state index is 0.112. The lowest BCUT2D eigenvalue weighted by Crippen LogP contribution is -2.43. The van der Waals surface area contributed by atoms with Gasteiger partial charge in [-0.05, 0) is 12.8 Å².